The van der Waals surface area contributed by atoms with E-state index in [4.69, 9.17) is 10.4 Å². The molecule has 1 N–H and O–H groups in total. The monoisotopic (exact) mass is 490 g/mol. The molecular formula is C32H40F2N2. The van der Waals surface area contributed by atoms with E-state index >= 15 is 0 Å². The maximum Gasteiger partial charge on any atom is 0.159 e. The van der Waals surface area contributed by atoms with E-state index in [1.165, 1.54) is 28.8 Å². The van der Waals surface area contributed by atoms with Gasteiger partial charge in [0.25, 0.3) is 0 Å². The summed E-state index contributed by atoms with van der Waals surface area (Å²) < 4.78 is 28.9. The number of benzene rings is 2. The molecule has 0 heterocycles. The molecule has 0 bridgehead atoms. The van der Waals surface area contributed by atoms with Gasteiger partial charge in [-0.2, -0.15) is 0 Å². The van der Waals surface area contributed by atoms with Crippen molar-refractivity contribution in [1.29, 1.82) is 5.41 Å². The van der Waals surface area contributed by atoms with Gasteiger partial charge >= 0.3 is 0 Å². The minimum atomic E-state index is -0.787. The van der Waals surface area contributed by atoms with Gasteiger partial charge in [0, 0.05) is 18.9 Å². The molecule has 2 aliphatic carbocycles. The van der Waals surface area contributed by atoms with E-state index in [2.05, 4.69) is 52.0 Å². The topological polar surface area (TPSA) is 36.2 Å². The van der Waals surface area contributed by atoms with E-state index in [0.717, 1.165) is 48.1 Å². The zero-order valence-corrected chi connectivity index (χ0v) is 22.8. The Hall–Kier alpha value is -2.62. The Kier molecular flexibility index (Phi) is 7.37. The number of hydrogen-bond acceptors (Lipinski definition) is 2. The van der Waals surface area contributed by atoms with Gasteiger partial charge < -0.3 is 5.41 Å². The van der Waals surface area contributed by atoms with Crippen molar-refractivity contribution in [2.24, 2.45) is 22.2 Å². The first kappa shape index (κ1) is 26.4. The summed E-state index contributed by atoms with van der Waals surface area (Å²) in [4.78, 5) is 4.70. The van der Waals surface area contributed by atoms with Crippen LogP contribution in [-0.4, -0.2) is 18.5 Å². The summed E-state index contributed by atoms with van der Waals surface area (Å²) in [6.45, 7) is 12.8. The van der Waals surface area contributed by atoms with Gasteiger partial charge in [0.2, 0.25) is 0 Å². The standard InChI is InChI=1S/C32H40F2N2/c1-18(2)27(19(3)4)21-8-10-22(11-9-21)28(31(36-7)30(35)20(5)6)29-24-17-26(34)25(33)16-23(24)12-13-32(29)14-15-32/h8-11,16-18,20,28-29,35H,12-15H2,1-7H3/b35-30?,36-31-. The number of aliphatic imine (C=N–C) groups is 1. The third-order valence-corrected chi connectivity index (χ3v) is 8.38. The van der Waals surface area contributed by atoms with Crippen molar-refractivity contribution in [3.05, 3.63) is 75.9 Å². The summed E-state index contributed by atoms with van der Waals surface area (Å²) in [6.07, 6.45) is 3.89. The van der Waals surface area contributed by atoms with Gasteiger partial charge in [-0.3, -0.25) is 4.99 Å². The Morgan fingerprint density at radius 2 is 1.56 bits per heavy atom. The minimum absolute atomic E-state index is 0.0202. The molecule has 1 spiro atoms. The number of aryl methyl sites for hydroxylation is 1. The van der Waals surface area contributed by atoms with Crippen LogP contribution in [0.1, 0.15) is 94.9 Å². The van der Waals surface area contributed by atoms with Crippen LogP contribution in [0, 0.1) is 34.3 Å². The maximum absolute atomic E-state index is 14.6. The van der Waals surface area contributed by atoms with Gasteiger partial charge in [0.15, 0.2) is 11.6 Å². The lowest BCUT2D eigenvalue weighted by molar-refractivity contribution is 0.330. The normalized spacial score (nSPS) is 19.4. The predicted octanol–water partition coefficient (Wildman–Crippen LogP) is 8.75. The highest BCUT2D eigenvalue weighted by molar-refractivity contribution is 6.43. The van der Waals surface area contributed by atoms with E-state index in [-0.39, 0.29) is 23.2 Å². The van der Waals surface area contributed by atoms with Gasteiger partial charge in [0.05, 0.1) is 11.4 Å². The number of nitrogens with one attached hydrogen (secondary N) is 1. The van der Waals surface area contributed by atoms with Crippen molar-refractivity contribution in [2.75, 3.05) is 7.05 Å². The Bertz CT molecular complexity index is 1210. The molecule has 0 aromatic heterocycles. The molecular weight excluding hydrogens is 450 g/mol. The van der Waals surface area contributed by atoms with E-state index in [1.807, 2.05) is 13.8 Å². The van der Waals surface area contributed by atoms with Crippen LogP contribution < -0.4 is 0 Å². The summed E-state index contributed by atoms with van der Waals surface area (Å²) in [5.41, 5.74) is 8.08. The van der Waals surface area contributed by atoms with Crippen molar-refractivity contribution < 1.29 is 8.78 Å². The number of allylic oxidation sites excluding steroid dienone is 2. The fourth-order valence-corrected chi connectivity index (χ4v) is 6.53. The summed E-state index contributed by atoms with van der Waals surface area (Å²) in [5.74, 6) is -1.34. The molecule has 4 rings (SSSR count). The molecule has 2 aromatic carbocycles. The van der Waals surface area contributed by atoms with Crippen molar-refractivity contribution in [2.45, 2.75) is 79.1 Å². The Morgan fingerprint density at radius 3 is 2.06 bits per heavy atom. The average Bonchev–Trinajstić information content (AvgIpc) is 3.59. The third-order valence-electron chi connectivity index (χ3n) is 8.38. The Balaban J connectivity index is 1.91. The number of halogens is 2. The number of nitrogens with zero attached hydrogens (tertiary/aromatic N) is 1. The van der Waals surface area contributed by atoms with E-state index in [0.29, 0.717) is 11.6 Å². The minimum Gasteiger partial charge on any atom is -0.303 e. The fourth-order valence-electron chi connectivity index (χ4n) is 6.53. The smallest absolute Gasteiger partial charge is 0.159 e. The molecule has 1 saturated carbocycles. The van der Waals surface area contributed by atoms with Crippen molar-refractivity contribution in [3.8, 4) is 0 Å². The highest BCUT2D eigenvalue weighted by Crippen LogP contribution is 2.66. The second-order valence-electron chi connectivity index (χ2n) is 11.7. The Labute approximate surface area is 215 Å². The van der Waals surface area contributed by atoms with Crippen LogP contribution in [0.2, 0.25) is 0 Å². The molecule has 2 aliphatic rings. The summed E-state index contributed by atoms with van der Waals surface area (Å²) >= 11 is 0. The summed E-state index contributed by atoms with van der Waals surface area (Å²) in [5, 5.41) is 8.96. The molecule has 2 unspecified atom stereocenters. The third kappa shape index (κ3) is 4.71. The highest BCUT2D eigenvalue weighted by Gasteiger charge is 2.56. The van der Waals surface area contributed by atoms with Gasteiger partial charge in [-0.25, -0.2) is 8.78 Å². The maximum atomic E-state index is 14.6. The molecule has 2 aromatic rings. The van der Waals surface area contributed by atoms with Crippen LogP contribution >= 0.6 is 0 Å². The first-order valence-corrected chi connectivity index (χ1v) is 13.3. The molecule has 2 atom stereocenters. The molecule has 192 valence electrons. The Morgan fingerprint density at radius 1 is 0.944 bits per heavy atom. The first-order chi connectivity index (χ1) is 17.0. The quantitative estimate of drug-likeness (QED) is 0.377. The zero-order chi connectivity index (χ0) is 26.4. The molecule has 2 nitrogen and oxygen atoms in total. The molecule has 36 heavy (non-hydrogen) atoms. The van der Waals surface area contributed by atoms with Gasteiger partial charge in [-0.05, 0) is 96.7 Å². The largest absolute Gasteiger partial charge is 0.303 e. The van der Waals surface area contributed by atoms with Crippen molar-refractivity contribution in [3.63, 3.8) is 0 Å². The average molecular weight is 491 g/mol. The van der Waals surface area contributed by atoms with Crippen LogP contribution in [0.4, 0.5) is 8.78 Å². The first-order valence-electron chi connectivity index (χ1n) is 13.3. The summed E-state index contributed by atoms with van der Waals surface area (Å²) in [7, 11) is 1.77. The van der Waals surface area contributed by atoms with Crippen LogP contribution in [0.5, 0.6) is 0 Å². The predicted molar refractivity (Wildman–Crippen MR) is 147 cm³/mol. The van der Waals surface area contributed by atoms with Crippen molar-refractivity contribution in [1.82, 2.24) is 0 Å². The zero-order valence-electron chi connectivity index (χ0n) is 22.8. The fraction of sp³-hybridized carbons (Fsp3) is 0.500. The molecule has 0 amide bonds. The van der Waals surface area contributed by atoms with E-state index < -0.39 is 11.6 Å². The molecule has 0 radical (unpaired) electrons. The number of fused-ring (bicyclic) bond motifs is 1. The van der Waals surface area contributed by atoms with Gasteiger partial charge in [-0.15, -0.1) is 0 Å². The molecule has 0 aliphatic heterocycles. The SMILES string of the molecule is C/N=C(\C(=N)C(C)C)C(c1ccc(C(=C(C)C)C(C)C)cc1)C1c2cc(F)c(F)cc2CCC12CC2. The van der Waals surface area contributed by atoms with Crippen LogP contribution in [-0.2, 0) is 6.42 Å². The molecule has 4 heteroatoms. The van der Waals surface area contributed by atoms with Crippen LogP contribution in [0.3, 0.4) is 0 Å². The lowest BCUT2D eigenvalue weighted by Gasteiger charge is -2.40. The highest BCUT2D eigenvalue weighted by atomic mass is 19.2. The van der Waals surface area contributed by atoms with Crippen LogP contribution in [0.15, 0.2) is 47.0 Å². The molecule has 1 fully saturated rings. The van der Waals surface area contributed by atoms with Gasteiger partial charge in [0.1, 0.15) is 0 Å². The number of hydrogen-bond donors (Lipinski definition) is 1. The van der Waals surface area contributed by atoms with Gasteiger partial charge in [-0.1, -0.05) is 57.5 Å². The lowest BCUT2D eigenvalue weighted by atomic mass is 9.63. The lowest BCUT2D eigenvalue weighted by Crippen LogP contribution is -2.36. The summed E-state index contributed by atoms with van der Waals surface area (Å²) in [6, 6.07) is 11.6. The van der Waals surface area contributed by atoms with Crippen molar-refractivity contribution >= 4 is 17.0 Å². The van der Waals surface area contributed by atoms with E-state index in [9.17, 15) is 8.78 Å². The second kappa shape index (κ2) is 10.0. The van der Waals surface area contributed by atoms with Crippen LogP contribution in [0.25, 0.3) is 5.57 Å². The molecule has 0 saturated heterocycles. The number of rotatable bonds is 7. The second-order valence-corrected chi connectivity index (χ2v) is 11.7. The van der Waals surface area contributed by atoms with E-state index in [1.54, 1.807) is 7.05 Å².